The fraction of sp³-hybridized carbons (Fsp3) is 0.467. The van der Waals surface area contributed by atoms with Crippen LogP contribution in [-0.4, -0.2) is 4.21 Å². The summed E-state index contributed by atoms with van der Waals surface area (Å²) in [5.74, 6) is 0.550. The Balaban J connectivity index is 0.000000267. The largest absolute Gasteiger partial charge is 0.184 e. The third-order valence-corrected chi connectivity index (χ3v) is 9.27. The Bertz CT molecular complexity index is 1340. The summed E-state index contributed by atoms with van der Waals surface area (Å²) < 4.78 is 3.34. The molecule has 0 aromatic heterocycles. The molecule has 3 aromatic rings. The predicted molar refractivity (Wildman–Crippen MR) is 200 cm³/mol. The topological polar surface area (TPSA) is 0 Å². The van der Waals surface area contributed by atoms with Gasteiger partial charge in [0, 0.05) is 0 Å². The molecule has 3 aromatic carbocycles. The molecule has 248 valence electrons. The molecule has 0 saturated heterocycles. The third-order valence-electron chi connectivity index (χ3n) is 9.27. The smallest absolute Gasteiger partial charge is 0.171 e. The first-order valence-electron chi connectivity index (χ1n) is 17.2. The van der Waals surface area contributed by atoms with Crippen LogP contribution < -0.4 is 0 Å². The second-order valence-electron chi connectivity index (χ2n) is 15.1. The van der Waals surface area contributed by atoms with Crippen molar-refractivity contribution in [2.75, 3.05) is 0 Å². The number of fused-ring (bicyclic) bond motifs is 3. The van der Waals surface area contributed by atoms with Gasteiger partial charge in [0.05, 0.1) is 0 Å². The van der Waals surface area contributed by atoms with E-state index in [1.165, 1.54) is 101 Å². The number of benzene rings is 3. The van der Waals surface area contributed by atoms with Crippen molar-refractivity contribution in [1.82, 2.24) is 0 Å². The summed E-state index contributed by atoms with van der Waals surface area (Å²) in [6.45, 7) is 27.9. The molecular formula is C45H60Zr-4. The Morgan fingerprint density at radius 2 is 1.39 bits per heavy atom. The molecule has 0 aliphatic heterocycles. The molecule has 1 saturated carbocycles. The number of allylic oxidation sites excluding steroid dienone is 4. The van der Waals surface area contributed by atoms with Gasteiger partial charge in [0.2, 0.25) is 0 Å². The van der Waals surface area contributed by atoms with Crippen LogP contribution in [0.15, 0.2) is 66.3 Å². The first kappa shape index (κ1) is 40.1. The normalized spacial score (nSPS) is 17.2. The molecule has 1 fully saturated rings. The minimum atomic E-state index is 0.163. The Morgan fingerprint density at radius 3 is 1.85 bits per heavy atom. The van der Waals surface area contributed by atoms with Crippen LogP contribution in [0.5, 0.6) is 0 Å². The van der Waals surface area contributed by atoms with E-state index in [1.54, 1.807) is 12.5 Å². The molecule has 1 atom stereocenters. The average molecular weight is 692 g/mol. The second kappa shape index (κ2) is 17.9. The summed E-state index contributed by atoms with van der Waals surface area (Å²) in [6, 6.07) is 23.4. The third kappa shape index (κ3) is 10.7. The van der Waals surface area contributed by atoms with Crippen LogP contribution in [-0.2, 0) is 41.5 Å². The summed E-state index contributed by atoms with van der Waals surface area (Å²) in [5, 5.41) is 0. The zero-order chi connectivity index (χ0) is 34.7. The SMILES string of the molecule is CC1[C-]=CC(C2(C)CCCCC2)=C1.Cc1[c-]c2c(cc1C(C)(C)C)-c1cc(C(C)(C)C)c(C)cc1C2.[CH2-]C.[CH2]=[Zr].[c-]1ccccc1. The summed E-state index contributed by atoms with van der Waals surface area (Å²) in [6.07, 6.45) is 16.0. The molecule has 46 heavy (non-hydrogen) atoms. The molecule has 0 spiro atoms. The summed E-state index contributed by atoms with van der Waals surface area (Å²) in [4.78, 5) is 0. The fourth-order valence-corrected chi connectivity index (χ4v) is 6.95. The second-order valence-corrected chi connectivity index (χ2v) is 15.1. The maximum atomic E-state index is 3.69. The standard InChI is InChI=1S/C23H29.C13H19.C6H5.C2H5.CH2.Zr/c1-14-9-16-11-17-10-15(2)21(23(6,7)8)13-19(17)18(16)12-20(14)22(3,4)5;1-11-6-7-12(10-11)13(2)8-4-3-5-9-13;1-2-4-6-5-3-1;1-2;;/h9,12-13H,11H2,1-8H3;7,10-11H,3-5,8-9H2,1-2H3;1-5H;1H2,2H3;1H2;/q4*-1;;. The number of rotatable bonds is 1. The van der Waals surface area contributed by atoms with Gasteiger partial charge in [0.25, 0.3) is 0 Å². The molecule has 1 heteroatoms. The van der Waals surface area contributed by atoms with Gasteiger partial charge in [0.1, 0.15) is 0 Å². The minimum absolute atomic E-state index is 0.163. The van der Waals surface area contributed by atoms with E-state index in [4.69, 9.17) is 0 Å². The molecule has 0 radical (unpaired) electrons. The quantitative estimate of drug-likeness (QED) is 0.174. The van der Waals surface area contributed by atoms with Crippen LogP contribution in [0.2, 0.25) is 0 Å². The average Bonchev–Trinajstić information content (AvgIpc) is 3.62. The van der Waals surface area contributed by atoms with Gasteiger partial charge in [-0.3, -0.25) is 6.08 Å². The summed E-state index contributed by atoms with van der Waals surface area (Å²) in [5.41, 5.74) is 13.6. The van der Waals surface area contributed by atoms with Crippen molar-refractivity contribution in [2.45, 2.75) is 126 Å². The molecule has 0 bridgehead atoms. The van der Waals surface area contributed by atoms with Crippen LogP contribution >= 0.6 is 0 Å². The predicted octanol–water partition coefficient (Wildman–Crippen LogP) is 12.5. The van der Waals surface area contributed by atoms with E-state index in [0.717, 1.165) is 6.42 Å². The molecular weight excluding hydrogens is 632 g/mol. The van der Waals surface area contributed by atoms with Gasteiger partial charge in [-0.15, -0.1) is 16.7 Å². The van der Waals surface area contributed by atoms with Crippen molar-refractivity contribution in [2.24, 2.45) is 11.3 Å². The van der Waals surface area contributed by atoms with Crippen molar-refractivity contribution < 1.29 is 24.2 Å². The number of hydrogen-bond donors (Lipinski definition) is 0. The van der Waals surface area contributed by atoms with Crippen molar-refractivity contribution in [3.63, 3.8) is 0 Å². The molecule has 3 aliphatic rings. The number of hydrogen-bond acceptors (Lipinski definition) is 0. The van der Waals surface area contributed by atoms with E-state index in [9.17, 15) is 0 Å². The van der Waals surface area contributed by atoms with Gasteiger partial charge < -0.3 is 6.92 Å². The van der Waals surface area contributed by atoms with Gasteiger partial charge in [-0.1, -0.05) is 129 Å². The summed E-state index contributed by atoms with van der Waals surface area (Å²) in [7, 11) is 0. The molecule has 0 heterocycles. The molecule has 0 N–H and O–H groups in total. The van der Waals surface area contributed by atoms with Gasteiger partial charge in [-0.25, -0.2) is 6.08 Å². The Hall–Kier alpha value is -2.11. The van der Waals surface area contributed by atoms with Crippen LogP contribution in [0.25, 0.3) is 11.1 Å². The van der Waals surface area contributed by atoms with E-state index in [-0.39, 0.29) is 10.8 Å². The van der Waals surface area contributed by atoms with E-state index < -0.39 is 0 Å². The molecule has 6 rings (SSSR count). The van der Waals surface area contributed by atoms with Crippen LogP contribution in [0.4, 0.5) is 0 Å². The first-order valence-corrected chi connectivity index (χ1v) is 18.9. The van der Waals surface area contributed by atoms with Crippen molar-refractivity contribution in [3.05, 3.63) is 125 Å². The van der Waals surface area contributed by atoms with Crippen LogP contribution in [0.1, 0.15) is 128 Å². The van der Waals surface area contributed by atoms with Gasteiger partial charge >= 0.3 is 28.4 Å². The van der Waals surface area contributed by atoms with E-state index in [1.807, 2.05) is 30.3 Å². The van der Waals surface area contributed by atoms with E-state index in [2.05, 4.69) is 129 Å². The zero-order valence-electron chi connectivity index (χ0n) is 31.0. The maximum Gasteiger partial charge on any atom is -0.171 e. The Morgan fingerprint density at radius 1 is 0.826 bits per heavy atom. The number of aryl methyl sites for hydroxylation is 2. The molecule has 0 nitrogen and oxygen atoms in total. The molecule has 3 aliphatic carbocycles. The first-order chi connectivity index (χ1) is 21.7. The van der Waals surface area contributed by atoms with Crippen molar-refractivity contribution in [1.29, 1.82) is 0 Å². The van der Waals surface area contributed by atoms with Crippen molar-refractivity contribution >= 4 is 4.21 Å². The van der Waals surface area contributed by atoms with Crippen LogP contribution in [0.3, 0.4) is 0 Å². The zero-order valence-corrected chi connectivity index (χ0v) is 33.5. The fourth-order valence-electron chi connectivity index (χ4n) is 6.95. The van der Waals surface area contributed by atoms with E-state index >= 15 is 0 Å². The maximum absolute atomic E-state index is 3.69. The molecule has 1 unspecified atom stereocenters. The van der Waals surface area contributed by atoms with Crippen molar-refractivity contribution in [3.8, 4) is 11.1 Å². The van der Waals surface area contributed by atoms with Gasteiger partial charge in [-0.05, 0) is 35.4 Å². The van der Waals surface area contributed by atoms with Gasteiger partial charge in [-0.2, -0.15) is 72.7 Å². The Labute approximate surface area is 299 Å². The summed E-state index contributed by atoms with van der Waals surface area (Å²) >= 11 is 1.30. The Kier molecular flexibility index (Phi) is 15.6. The molecule has 0 amide bonds. The van der Waals surface area contributed by atoms with E-state index in [0.29, 0.717) is 11.3 Å². The monoisotopic (exact) mass is 690 g/mol. The van der Waals surface area contributed by atoms with Crippen LogP contribution in [0, 0.1) is 50.3 Å². The minimum Gasteiger partial charge on any atom is -0.184 e. The van der Waals surface area contributed by atoms with Gasteiger partial charge in [0.15, 0.2) is 0 Å².